The van der Waals surface area contributed by atoms with Gasteiger partial charge in [0.2, 0.25) is 0 Å². The average molecular weight is 366 g/mol. The molecule has 0 aliphatic carbocycles. The highest BCUT2D eigenvalue weighted by Gasteiger charge is 2.50. The van der Waals surface area contributed by atoms with Crippen LogP contribution >= 0.6 is 0 Å². The van der Waals surface area contributed by atoms with E-state index in [0.29, 0.717) is 0 Å². The van der Waals surface area contributed by atoms with Crippen LogP contribution in [-0.2, 0) is 14.9 Å². The lowest BCUT2D eigenvalue weighted by molar-refractivity contribution is -0.0507. The Morgan fingerprint density at radius 1 is 1.12 bits per heavy atom. The van der Waals surface area contributed by atoms with Crippen molar-refractivity contribution in [2.24, 2.45) is 0 Å². The zero-order valence-corrected chi connectivity index (χ0v) is 13.6. The first kappa shape index (κ1) is 18.1. The van der Waals surface area contributed by atoms with Crippen molar-refractivity contribution >= 4 is 27.1 Å². The Balaban J connectivity index is 2.58. The van der Waals surface area contributed by atoms with Gasteiger partial charge in [0.1, 0.15) is 11.2 Å². The Morgan fingerprint density at radius 3 is 2.25 bits per heavy atom. The Kier molecular flexibility index (Phi) is 4.29. The van der Waals surface area contributed by atoms with Crippen LogP contribution in [0.25, 0.3) is 11.0 Å². The molecule has 132 valence electrons. The maximum Gasteiger partial charge on any atom is 0.534 e. The summed E-state index contributed by atoms with van der Waals surface area (Å²) in [7, 11) is -6.00. The van der Waals surface area contributed by atoms with Gasteiger partial charge in [0.15, 0.2) is 5.56 Å². The number of fused-ring (bicyclic) bond motifs is 1. The highest BCUT2D eigenvalue weighted by atomic mass is 32.2. The van der Waals surface area contributed by atoms with Gasteiger partial charge in [0.05, 0.1) is 0 Å². The lowest BCUT2D eigenvalue weighted by Gasteiger charge is -2.19. The third-order valence-corrected chi connectivity index (χ3v) is 3.57. The molecule has 0 radical (unpaired) electrons. The summed E-state index contributed by atoms with van der Waals surface area (Å²) in [5.41, 5.74) is -7.19. The molecule has 10 heteroatoms. The molecule has 2 rings (SSSR count). The minimum absolute atomic E-state index is 0.0225. The minimum atomic E-state index is -6.00. The van der Waals surface area contributed by atoms with E-state index in [4.69, 9.17) is 9.15 Å². The Hall–Kier alpha value is -2.23. The molecule has 0 amide bonds. The van der Waals surface area contributed by atoms with Gasteiger partial charge in [-0.2, -0.15) is 21.6 Å². The zero-order chi connectivity index (χ0) is 18.3. The molecule has 2 aromatic rings. The van der Waals surface area contributed by atoms with Crippen molar-refractivity contribution in [1.82, 2.24) is 0 Å². The van der Waals surface area contributed by atoms with E-state index in [-0.39, 0.29) is 11.0 Å². The van der Waals surface area contributed by atoms with E-state index in [1.165, 1.54) is 24.3 Å². The summed E-state index contributed by atoms with van der Waals surface area (Å²) < 4.78 is 74.0. The summed E-state index contributed by atoms with van der Waals surface area (Å²) >= 11 is 0. The summed E-state index contributed by atoms with van der Waals surface area (Å²) in [5, 5.41) is 0.0686. The summed E-state index contributed by atoms with van der Waals surface area (Å²) in [5.74, 6) is -2.16. The van der Waals surface area contributed by atoms with Gasteiger partial charge in [-0.15, -0.1) is 0 Å². The number of ether oxygens (including phenoxy) is 1. The summed E-state index contributed by atoms with van der Waals surface area (Å²) in [4.78, 5) is 12.3. The van der Waals surface area contributed by atoms with E-state index < -0.39 is 38.7 Å². The second-order valence-electron chi connectivity index (χ2n) is 5.75. The number of para-hydroxylation sites is 1. The highest BCUT2D eigenvalue weighted by molar-refractivity contribution is 7.87. The molecule has 24 heavy (non-hydrogen) atoms. The van der Waals surface area contributed by atoms with E-state index in [2.05, 4.69) is 4.18 Å². The van der Waals surface area contributed by atoms with Gasteiger partial charge >= 0.3 is 27.5 Å². The van der Waals surface area contributed by atoms with Gasteiger partial charge in [-0.3, -0.25) is 0 Å². The van der Waals surface area contributed by atoms with Gasteiger partial charge in [-0.25, -0.2) is 4.79 Å². The van der Waals surface area contributed by atoms with Gasteiger partial charge in [0, 0.05) is 5.39 Å². The molecule has 6 nitrogen and oxygen atoms in total. The molecule has 1 heterocycles. The Morgan fingerprint density at radius 2 is 1.71 bits per heavy atom. The normalized spacial score (nSPS) is 13.1. The third kappa shape index (κ3) is 3.64. The smallest absolute Gasteiger partial charge is 0.456 e. The molecule has 0 aliphatic heterocycles. The maximum atomic E-state index is 12.5. The molecule has 0 aliphatic rings. The van der Waals surface area contributed by atoms with E-state index in [1.807, 2.05) is 0 Å². The number of hydrogen-bond acceptors (Lipinski definition) is 6. The molecule has 0 saturated heterocycles. The fraction of sp³-hybridized carbons (Fsp3) is 0.357. The Labute approximate surface area is 135 Å². The molecule has 0 spiro atoms. The molecule has 0 atom stereocenters. The van der Waals surface area contributed by atoms with Gasteiger partial charge in [0.25, 0.3) is 0 Å². The van der Waals surface area contributed by atoms with Gasteiger partial charge in [-0.05, 0) is 26.8 Å². The average Bonchev–Trinajstić information content (AvgIpc) is 2.72. The highest BCUT2D eigenvalue weighted by Crippen LogP contribution is 2.36. The van der Waals surface area contributed by atoms with Crippen molar-refractivity contribution in [3.05, 3.63) is 29.8 Å². The molecule has 0 unspecified atom stereocenters. The van der Waals surface area contributed by atoms with Crippen LogP contribution in [-0.4, -0.2) is 25.5 Å². The lowest BCUT2D eigenvalue weighted by atomic mass is 10.1. The maximum absolute atomic E-state index is 12.5. The van der Waals surface area contributed by atoms with Crippen LogP contribution in [0.2, 0.25) is 0 Å². The second-order valence-corrected chi connectivity index (χ2v) is 7.28. The molecule has 1 aromatic carbocycles. The quantitative estimate of drug-likeness (QED) is 0.469. The number of benzene rings is 1. The third-order valence-electron chi connectivity index (χ3n) is 2.64. The molecular formula is C14H13F3O6S. The van der Waals surface area contributed by atoms with Crippen LogP contribution in [0.3, 0.4) is 0 Å². The van der Waals surface area contributed by atoms with E-state index in [0.717, 1.165) is 0 Å². The number of carbonyl (C=O) groups is 1. The van der Waals surface area contributed by atoms with Crippen LogP contribution in [0.15, 0.2) is 28.7 Å². The van der Waals surface area contributed by atoms with Crippen molar-refractivity contribution in [2.75, 3.05) is 0 Å². The Bertz CT molecular complexity index is 874. The fourth-order valence-electron chi connectivity index (χ4n) is 1.75. The summed E-state index contributed by atoms with van der Waals surface area (Å²) in [6.45, 7) is 4.63. The number of rotatable bonds is 3. The predicted molar refractivity (Wildman–Crippen MR) is 77.0 cm³/mol. The summed E-state index contributed by atoms with van der Waals surface area (Å²) in [6, 6.07) is 5.70. The van der Waals surface area contributed by atoms with Gasteiger partial charge < -0.3 is 13.3 Å². The van der Waals surface area contributed by atoms with Crippen LogP contribution in [0, 0.1) is 0 Å². The van der Waals surface area contributed by atoms with Gasteiger partial charge in [-0.1, -0.05) is 18.2 Å². The van der Waals surface area contributed by atoms with Crippen LogP contribution in [0.5, 0.6) is 5.95 Å². The molecule has 0 N–H and O–H groups in total. The SMILES string of the molecule is CC(C)(C)OC(=O)c1c(OS(=O)(=O)C(F)(F)F)oc2ccccc12. The molecule has 1 aromatic heterocycles. The minimum Gasteiger partial charge on any atom is -0.456 e. The van der Waals surface area contributed by atoms with E-state index in [9.17, 15) is 26.4 Å². The number of carbonyl (C=O) groups excluding carboxylic acids is 1. The topological polar surface area (TPSA) is 82.8 Å². The van der Waals surface area contributed by atoms with Crippen LogP contribution < -0.4 is 4.18 Å². The molecule has 0 fully saturated rings. The number of esters is 1. The van der Waals surface area contributed by atoms with Crippen molar-refractivity contribution in [3.63, 3.8) is 0 Å². The van der Waals surface area contributed by atoms with Crippen molar-refractivity contribution in [3.8, 4) is 5.95 Å². The van der Waals surface area contributed by atoms with E-state index >= 15 is 0 Å². The monoisotopic (exact) mass is 366 g/mol. The number of alkyl halides is 3. The first-order valence-corrected chi connectivity index (χ1v) is 7.98. The zero-order valence-electron chi connectivity index (χ0n) is 12.8. The molecule has 0 bridgehead atoms. The largest absolute Gasteiger partial charge is 0.534 e. The van der Waals surface area contributed by atoms with Crippen molar-refractivity contribution < 1.29 is 39.7 Å². The fourth-order valence-corrected chi connectivity index (χ4v) is 2.16. The molecular weight excluding hydrogens is 353 g/mol. The van der Waals surface area contributed by atoms with Crippen molar-refractivity contribution in [2.45, 2.75) is 31.9 Å². The number of hydrogen-bond donors (Lipinski definition) is 0. The first-order valence-electron chi connectivity index (χ1n) is 6.57. The summed E-state index contributed by atoms with van der Waals surface area (Å²) in [6.07, 6.45) is 0. The van der Waals surface area contributed by atoms with Crippen LogP contribution in [0.4, 0.5) is 13.2 Å². The number of halogens is 3. The first-order chi connectivity index (χ1) is 10.8. The van der Waals surface area contributed by atoms with Crippen LogP contribution in [0.1, 0.15) is 31.1 Å². The van der Waals surface area contributed by atoms with E-state index in [1.54, 1.807) is 20.8 Å². The van der Waals surface area contributed by atoms with Crippen molar-refractivity contribution in [1.29, 1.82) is 0 Å². The molecule has 0 saturated carbocycles. The number of furan rings is 1. The standard InChI is InChI=1S/C14H13F3O6S/c1-13(2,3)22-11(18)10-8-6-4-5-7-9(8)21-12(10)23-24(19,20)14(15,16)17/h4-7H,1-3H3. The lowest BCUT2D eigenvalue weighted by Crippen LogP contribution is -2.29. The second kappa shape index (κ2) is 5.69. The predicted octanol–water partition coefficient (Wildman–Crippen LogP) is 3.62.